The van der Waals surface area contributed by atoms with Gasteiger partial charge in [0.2, 0.25) is 12.0 Å². The number of benzene rings is 1. The predicted molar refractivity (Wildman–Crippen MR) is 122 cm³/mol. The molecule has 1 aliphatic carbocycles. The Morgan fingerprint density at radius 1 is 1.08 bits per heavy atom. The molecule has 0 unspecified atom stereocenters. The van der Waals surface area contributed by atoms with Crippen LogP contribution in [0.5, 0.6) is 17.2 Å². The fourth-order valence-corrected chi connectivity index (χ4v) is 5.11. The lowest BCUT2D eigenvalue weighted by Crippen LogP contribution is -2.60. The van der Waals surface area contributed by atoms with E-state index in [2.05, 4.69) is 0 Å². The quantitative estimate of drug-likeness (QED) is 0.236. The third-order valence-corrected chi connectivity index (χ3v) is 7.07. The average molecular weight is 529 g/mol. The molecule has 13 nitrogen and oxygen atoms in total. The molecule has 2 fully saturated rings. The highest BCUT2D eigenvalue weighted by Gasteiger charge is 2.58. The van der Waals surface area contributed by atoms with Gasteiger partial charge in [0.05, 0.1) is 44.2 Å². The number of esters is 1. The van der Waals surface area contributed by atoms with Crippen LogP contribution in [-0.4, -0.2) is 106 Å². The molecule has 0 radical (unpaired) electrons. The molecule has 2 heterocycles. The molecule has 6 N–H and O–H groups in total. The first-order valence-corrected chi connectivity index (χ1v) is 11.7. The monoisotopic (exact) mass is 528 g/mol. The molecule has 4 rings (SSSR count). The van der Waals surface area contributed by atoms with Crippen LogP contribution < -0.4 is 9.47 Å². The first-order valence-electron chi connectivity index (χ1n) is 11.7. The van der Waals surface area contributed by atoms with Crippen molar-refractivity contribution in [3.05, 3.63) is 30.0 Å². The second kappa shape index (κ2) is 10.6. The van der Waals surface area contributed by atoms with Crippen LogP contribution in [0.15, 0.2) is 24.5 Å². The number of phenols is 1. The Hall–Kier alpha value is -2.65. The van der Waals surface area contributed by atoms with Crippen LogP contribution in [0, 0.1) is 11.8 Å². The zero-order valence-electron chi connectivity index (χ0n) is 20.5. The standard InChI is InChI=1S/C24H32O13/c1-24(31)8-14(35-21(30)10-6-12(32-2)17(26)13(7-10)33-3)11-4-5-34-22(16(11)24)37-23-20(29)19(28)18(27)15(9-25)36-23/h4-7,11,14-16,18-20,22-23,25-29,31H,8-9H2,1-3H3/t11-,14-,15+,16+,18+,19-,20+,22-,23+,24+/m0/s1. The van der Waals surface area contributed by atoms with Gasteiger partial charge in [-0.3, -0.25) is 0 Å². The van der Waals surface area contributed by atoms with Crippen molar-refractivity contribution in [3.63, 3.8) is 0 Å². The maximum absolute atomic E-state index is 13.0. The van der Waals surface area contributed by atoms with E-state index < -0.39 is 73.1 Å². The van der Waals surface area contributed by atoms with Crippen molar-refractivity contribution in [3.8, 4) is 17.2 Å². The van der Waals surface area contributed by atoms with E-state index in [0.29, 0.717) is 0 Å². The summed E-state index contributed by atoms with van der Waals surface area (Å²) in [6.07, 6.45) is -6.59. The molecular formula is C24H32O13. The van der Waals surface area contributed by atoms with Gasteiger partial charge in [-0.15, -0.1) is 0 Å². The van der Waals surface area contributed by atoms with Crippen LogP contribution in [0.1, 0.15) is 23.7 Å². The Morgan fingerprint density at radius 3 is 2.32 bits per heavy atom. The molecular weight excluding hydrogens is 496 g/mol. The average Bonchev–Trinajstić information content (AvgIpc) is 3.14. The van der Waals surface area contributed by atoms with E-state index in [0.717, 1.165) is 0 Å². The number of aromatic hydroxyl groups is 1. The molecule has 0 amide bonds. The van der Waals surface area contributed by atoms with Crippen LogP contribution in [0.25, 0.3) is 0 Å². The van der Waals surface area contributed by atoms with Gasteiger partial charge in [0.1, 0.15) is 30.5 Å². The minimum absolute atomic E-state index is 0.0153. The molecule has 0 aromatic heterocycles. The molecule has 0 spiro atoms. The number of aliphatic hydroxyl groups excluding tert-OH is 4. The SMILES string of the molecule is COc1cc(C(=O)O[C@H]2C[C@@](C)(O)[C@H]3[C@H](O[C@H]4O[C@H](CO)[C@@H](O)[C@H](O)[C@H]4O)OC=C[C@H]32)cc(OC)c1O. The second-order valence-electron chi connectivity index (χ2n) is 9.50. The van der Waals surface area contributed by atoms with Crippen LogP contribution in [0.2, 0.25) is 0 Å². The Kier molecular flexibility index (Phi) is 7.85. The van der Waals surface area contributed by atoms with Gasteiger partial charge < -0.3 is 59.1 Å². The Bertz CT molecular complexity index is 983. The van der Waals surface area contributed by atoms with Gasteiger partial charge in [-0.1, -0.05) is 0 Å². The highest BCUT2D eigenvalue weighted by Crippen LogP contribution is 2.48. The summed E-state index contributed by atoms with van der Waals surface area (Å²) < 4.78 is 32.6. The Labute approximate surface area is 212 Å². The minimum Gasteiger partial charge on any atom is -0.502 e. The number of carbonyl (C=O) groups excluding carboxylic acids is 1. The van der Waals surface area contributed by atoms with Gasteiger partial charge in [0.25, 0.3) is 0 Å². The molecule has 0 bridgehead atoms. The number of methoxy groups -OCH3 is 2. The van der Waals surface area contributed by atoms with Gasteiger partial charge in [-0.05, 0) is 25.1 Å². The topological polar surface area (TPSA) is 194 Å². The summed E-state index contributed by atoms with van der Waals surface area (Å²) >= 11 is 0. The maximum Gasteiger partial charge on any atom is 0.338 e. The number of aliphatic hydroxyl groups is 5. The van der Waals surface area contributed by atoms with Gasteiger partial charge in [0, 0.05) is 12.3 Å². The van der Waals surface area contributed by atoms with Crippen LogP contribution in [0.4, 0.5) is 0 Å². The van der Waals surface area contributed by atoms with E-state index >= 15 is 0 Å². The number of ether oxygens (including phenoxy) is 6. The molecule has 10 atom stereocenters. The lowest BCUT2D eigenvalue weighted by molar-refractivity contribution is -0.346. The molecule has 206 valence electrons. The molecule has 2 aliphatic heterocycles. The minimum atomic E-state index is -1.66. The number of rotatable bonds is 7. The summed E-state index contributed by atoms with van der Waals surface area (Å²) in [5.74, 6) is -2.34. The van der Waals surface area contributed by atoms with Crippen LogP contribution in [0.3, 0.4) is 0 Å². The molecule has 1 aromatic carbocycles. The Balaban J connectivity index is 1.52. The normalized spacial score (nSPS) is 39.0. The third-order valence-electron chi connectivity index (χ3n) is 7.07. The molecule has 13 heteroatoms. The van der Waals surface area contributed by atoms with Crippen molar-refractivity contribution in [2.75, 3.05) is 20.8 Å². The van der Waals surface area contributed by atoms with E-state index in [1.807, 2.05) is 0 Å². The first-order chi connectivity index (χ1) is 17.5. The number of fused-ring (bicyclic) bond motifs is 1. The van der Waals surface area contributed by atoms with Gasteiger partial charge in [-0.25, -0.2) is 4.79 Å². The zero-order chi connectivity index (χ0) is 27.1. The van der Waals surface area contributed by atoms with Crippen molar-refractivity contribution in [2.24, 2.45) is 11.8 Å². The lowest BCUT2D eigenvalue weighted by Gasteiger charge is -2.43. The summed E-state index contributed by atoms with van der Waals surface area (Å²) in [4.78, 5) is 13.0. The van der Waals surface area contributed by atoms with E-state index in [9.17, 15) is 35.4 Å². The summed E-state index contributed by atoms with van der Waals surface area (Å²) in [7, 11) is 2.65. The van der Waals surface area contributed by atoms with E-state index in [-0.39, 0.29) is 29.2 Å². The number of phenolic OH excluding ortho intramolecular Hbond substituents is 1. The number of hydrogen-bond donors (Lipinski definition) is 6. The van der Waals surface area contributed by atoms with Crippen molar-refractivity contribution >= 4 is 5.97 Å². The van der Waals surface area contributed by atoms with Crippen molar-refractivity contribution in [1.82, 2.24) is 0 Å². The Morgan fingerprint density at radius 2 is 1.73 bits per heavy atom. The zero-order valence-corrected chi connectivity index (χ0v) is 20.5. The highest BCUT2D eigenvalue weighted by molar-refractivity contribution is 5.91. The summed E-state index contributed by atoms with van der Waals surface area (Å²) in [6, 6.07) is 2.60. The molecule has 37 heavy (non-hydrogen) atoms. The third kappa shape index (κ3) is 5.08. The van der Waals surface area contributed by atoms with E-state index in [4.69, 9.17) is 28.4 Å². The fourth-order valence-electron chi connectivity index (χ4n) is 5.11. The van der Waals surface area contributed by atoms with Gasteiger partial charge >= 0.3 is 5.97 Å². The highest BCUT2D eigenvalue weighted by atomic mass is 16.8. The number of hydrogen-bond acceptors (Lipinski definition) is 13. The smallest absolute Gasteiger partial charge is 0.338 e. The summed E-state index contributed by atoms with van der Waals surface area (Å²) in [5.41, 5.74) is -1.40. The second-order valence-corrected chi connectivity index (χ2v) is 9.50. The molecule has 3 aliphatic rings. The maximum atomic E-state index is 13.0. The van der Waals surface area contributed by atoms with Gasteiger partial charge in [0.15, 0.2) is 17.8 Å². The fraction of sp³-hybridized carbons (Fsp3) is 0.625. The van der Waals surface area contributed by atoms with Gasteiger partial charge in [-0.2, -0.15) is 0 Å². The molecule has 1 saturated carbocycles. The lowest BCUT2D eigenvalue weighted by atomic mass is 9.85. The summed E-state index contributed by atoms with van der Waals surface area (Å²) in [5, 5.41) is 61.1. The largest absolute Gasteiger partial charge is 0.502 e. The molecule has 1 aromatic rings. The van der Waals surface area contributed by atoms with Crippen molar-refractivity contribution < 1.29 is 63.9 Å². The summed E-state index contributed by atoms with van der Waals surface area (Å²) in [6.45, 7) is 0.891. The van der Waals surface area contributed by atoms with Crippen molar-refractivity contribution in [1.29, 1.82) is 0 Å². The van der Waals surface area contributed by atoms with Crippen LogP contribution in [-0.2, 0) is 18.9 Å². The van der Waals surface area contributed by atoms with Crippen LogP contribution >= 0.6 is 0 Å². The molecule has 1 saturated heterocycles. The van der Waals surface area contributed by atoms with Crippen molar-refractivity contribution in [2.45, 2.75) is 62.0 Å². The first kappa shape index (κ1) is 27.4. The number of carbonyl (C=O) groups is 1. The van der Waals surface area contributed by atoms with E-state index in [1.165, 1.54) is 39.5 Å². The van der Waals surface area contributed by atoms with E-state index in [1.54, 1.807) is 6.08 Å². The predicted octanol–water partition coefficient (Wildman–Crippen LogP) is -0.992.